The summed E-state index contributed by atoms with van der Waals surface area (Å²) >= 11 is 0. The summed E-state index contributed by atoms with van der Waals surface area (Å²) < 4.78 is 68.1. The summed E-state index contributed by atoms with van der Waals surface area (Å²) in [7, 11) is -4.79. The van der Waals surface area contributed by atoms with Crippen LogP contribution < -0.4 is 14.9 Å². The Morgan fingerprint density at radius 1 is 1.00 bits per heavy atom. The zero-order chi connectivity index (χ0) is 21.6. The van der Waals surface area contributed by atoms with Crippen molar-refractivity contribution >= 4 is 27.6 Å². The van der Waals surface area contributed by atoms with Gasteiger partial charge in [0.2, 0.25) is 10.0 Å². The molecule has 0 spiro atoms. The summed E-state index contributed by atoms with van der Waals surface area (Å²) in [6.45, 7) is 3.41. The quantitative estimate of drug-likeness (QED) is 0.734. The minimum absolute atomic E-state index is 0.111. The Morgan fingerprint density at radius 3 is 2.17 bits per heavy atom. The molecule has 0 unspecified atom stereocenters. The van der Waals surface area contributed by atoms with Crippen LogP contribution in [0.15, 0.2) is 53.4 Å². The molecule has 1 saturated heterocycles. The van der Waals surface area contributed by atoms with E-state index < -0.39 is 38.7 Å². The van der Waals surface area contributed by atoms with E-state index in [0.717, 1.165) is 17.7 Å². The topological polar surface area (TPSA) is 95.6 Å². The van der Waals surface area contributed by atoms with Crippen molar-refractivity contribution in [2.75, 3.05) is 4.90 Å². The predicted octanol–water partition coefficient (Wildman–Crippen LogP) is 2.60. The van der Waals surface area contributed by atoms with Crippen molar-refractivity contribution in [3.63, 3.8) is 0 Å². The van der Waals surface area contributed by atoms with Gasteiger partial charge in [-0.1, -0.05) is 24.3 Å². The van der Waals surface area contributed by atoms with E-state index in [2.05, 4.69) is 0 Å². The first-order chi connectivity index (χ1) is 13.4. The summed E-state index contributed by atoms with van der Waals surface area (Å²) in [5.74, 6) is -1.79. The molecule has 2 aromatic rings. The second-order valence-electron chi connectivity index (χ2n) is 6.51. The van der Waals surface area contributed by atoms with E-state index in [0.29, 0.717) is 5.56 Å². The average Bonchev–Trinajstić information content (AvgIpc) is 2.88. The summed E-state index contributed by atoms with van der Waals surface area (Å²) in [6, 6.07) is 9.03. The van der Waals surface area contributed by atoms with Crippen molar-refractivity contribution in [1.82, 2.24) is 10.0 Å². The van der Waals surface area contributed by atoms with Crippen molar-refractivity contribution in [3.8, 4) is 0 Å². The lowest BCUT2D eigenvalue weighted by Gasteiger charge is -2.29. The second kappa shape index (κ2) is 6.85. The second-order valence-corrected chi connectivity index (χ2v) is 8.19. The third-order valence-corrected chi connectivity index (χ3v) is 6.00. The van der Waals surface area contributed by atoms with Crippen LogP contribution in [0, 0.1) is 13.8 Å². The fourth-order valence-corrected chi connectivity index (χ4v) is 4.10. The van der Waals surface area contributed by atoms with E-state index in [-0.39, 0.29) is 10.6 Å². The average molecular weight is 427 g/mol. The highest BCUT2D eigenvalue weighted by atomic mass is 32.2. The Hall–Kier alpha value is -2.92. The summed E-state index contributed by atoms with van der Waals surface area (Å²) in [6.07, 6.45) is -5.45. The van der Waals surface area contributed by atoms with Crippen LogP contribution in [0.5, 0.6) is 0 Å². The van der Waals surface area contributed by atoms with Crippen molar-refractivity contribution in [2.45, 2.75) is 30.6 Å². The molecule has 0 aromatic heterocycles. The van der Waals surface area contributed by atoms with E-state index in [1.165, 1.54) is 46.4 Å². The van der Waals surface area contributed by atoms with Gasteiger partial charge in [0.25, 0.3) is 11.6 Å². The molecular formula is C18H16F3N3O4S. The number of imide groups is 1. The van der Waals surface area contributed by atoms with Crippen LogP contribution >= 0.6 is 0 Å². The molecule has 1 aliphatic rings. The summed E-state index contributed by atoms with van der Waals surface area (Å²) in [5, 5.41) is 1.49. The van der Waals surface area contributed by atoms with Gasteiger partial charge in [0.15, 0.2) is 0 Å². The maximum absolute atomic E-state index is 13.9. The monoisotopic (exact) mass is 427 g/mol. The lowest BCUT2D eigenvalue weighted by molar-refractivity contribution is -0.194. The van der Waals surface area contributed by atoms with Crippen molar-refractivity contribution in [2.24, 2.45) is 0 Å². The van der Waals surface area contributed by atoms with E-state index in [4.69, 9.17) is 0 Å². The van der Waals surface area contributed by atoms with E-state index in [1.807, 2.05) is 0 Å². The smallest absolute Gasteiger partial charge is 0.302 e. The van der Waals surface area contributed by atoms with Crippen LogP contribution in [0.4, 0.5) is 23.7 Å². The van der Waals surface area contributed by atoms with Gasteiger partial charge in [-0.15, -0.1) is 0 Å². The number of sulfonamides is 1. The molecule has 0 saturated carbocycles. The number of hydrogen-bond acceptors (Lipinski definition) is 4. The highest BCUT2D eigenvalue weighted by Crippen LogP contribution is 2.37. The van der Waals surface area contributed by atoms with E-state index in [9.17, 15) is 31.2 Å². The van der Waals surface area contributed by atoms with E-state index >= 15 is 0 Å². The molecule has 0 radical (unpaired) electrons. The van der Waals surface area contributed by atoms with Gasteiger partial charge in [0.1, 0.15) is 0 Å². The first-order valence-corrected chi connectivity index (χ1v) is 9.77. The first kappa shape index (κ1) is 20.8. The number of amides is 3. The van der Waals surface area contributed by atoms with Crippen LogP contribution in [0.25, 0.3) is 0 Å². The number of nitrogens with one attached hydrogen (secondary N) is 2. The van der Waals surface area contributed by atoms with Gasteiger partial charge >= 0.3 is 12.2 Å². The zero-order valence-electron chi connectivity index (χ0n) is 15.2. The molecule has 7 nitrogen and oxygen atoms in total. The van der Waals surface area contributed by atoms with Crippen molar-refractivity contribution < 1.29 is 31.2 Å². The number of halogens is 3. The van der Waals surface area contributed by atoms with E-state index in [1.54, 1.807) is 13.8 Å². The fraction of sp³-hybridized carbons (Fsp3) is 0.222. The lowest BCUT2D eigenvalue weighted by Crippen LogP contribution is -2.69. The molecule has 1 atom stereocenters. The standard InChI is InChI=1S/C18H16F3N3O4S/c1-11-8-9-13(10-12(11)2)24-15(25)17(18(19,20)21,22-16(24)26)23-29(27,28)14-6-4-3-5-7-14/h3-10,23H,1-2H3,(H,22,26)/t17-/m0/s1. The minimum atomic E-state index is -5.45. The Morgan fingerprint density at radius 2 is 1.62 bits per heavy atom. The molecular weight excluding hydrogens is 411 g/mol. The van der Waals surface area contributed by atoms with Crippen LogP contribution in [-0.4, -0.2) is 32.2 Å². The number of aryl methyl sites for hydroxylation is 2. The molecule has 3 rings (SSSR count). The third kappa shape index (κ3) is 3.47. The Kier molecular flexibility index (Phi) is 4.91. The Bertz CT molecular complexity index is 1090. The van der Waals surface area contributed by atoms with Crippen molar-refractivity contribution in [1.29, 1.82) is 0 Å². The highest BCUT2D eigenvalue weighted by molar-refractivity contribution is 7.89. The number of alkyl halides is 3. The molecule has 3 amide bonds. The van der Waals surface area contributed by atoms with Gasteiger partial charge in [-0.3, -0.25) is 4.79 Å². The van der Waals surface area contributed by atoms with Gasteiger partial charge in [0, 0.05) is 0 Å². The molecule has 1 heterocycles. The molecule has 29 heavy (non-hydrogen) atoms. The molecule has 2 aromatic carbocycles. The van der Waals surface area contributed by atoms with Gasteiger partial charge in [0.05, 0.1) is 10.6 Å². The van der Waals surface area contributed by atoms with Crippen LogP contribution in [-0.2, 0) is 14.8 Å². The van der Waals surface area contributed by atoms with Crippen molar-refractivity contribution in [3.05, 3.63) is 59.7 Å². The number of carbonyl (C=O) groups is 2. The number of carbonyl (C=O) groups excluding carboxylic acids is 2. The number of anilines is 1. The first-order valence-electron chi connectivity index (χ1n) is 8.29. The number of hydrogen-bond donors (Lipinski definition) is 2. The Labute approximate surface area is 164 Å². The number of urea groups is 1. The molecule has 154 valence electrons. The van der Waals surface area contributed by atoms with Gasteiger partial charge in [-0.05, 0) is 49.2 Å². The highest BCUT2D eigenvalue weighted by Gasteiger charge is 2.69. The van der Waals surface area contributed by atoms with Gasteiger partial charge < -0.3 is 5.32 Å². The van der Waals surface area contributed by atoms with Gasteiger partial charge in [-0.25, -0.2) is 18.1 Å². The maximum Gasteiger partial charge on any atom is 0.435 e. The third-order valence-electron chi connectivity index (χ3n) is 4.54. The molecule has 1 aliphatic heterocycles. The SMILES string of the molecule is Cc1ccc(N2C(=O)N[C@@](NS(=O)(=O)c3ccccc3)(C(F)(F)F)C2=O)cc1C. The van der Waals surface area contributed by atoms with Crippen LogP contribution in [0.2, 0.25) is 0 Å². The molecule has 0 aliphatic carbocycles. The predicted molar refractivity (Wildman–Crippen MR) is 97.5 cm³/mol. The molecule has 0 bridgehead atoms. The summed E-state index contributed by atoms with van der Waals surface area (Å²) in [4.78, 5) is 24.9. The summed E-state index contributed by atoms with van der Waals surface area (Å²) in [5.41, 5.74) is -2.51. The van der Waals surface area contributed by atoms with Crippen LogP contribution in [0.3, 0.4) is 0 Å². The molecule has 11 heteroatoms. The number of nitrogens with zero attached hydrogens (tertiary/aromatic N) is 1. The van der Waals surface area contributed by atoms with Crippen LogP contribution in [0.1, 0.15) is 11.1 Å². The molecule has 2 N–H and O–H groups in total. The maximum atomic E-state index is 13.9. The largest absolute Gasteiger partial charge is 0.435 e. The number of benzene rings is 2. The van der Waals surface area contributed by atoms with Gasteiger partial charge in [-0.2, -0.15) is 17.9 Å². The number of rotatable bonds is 4. The Balaban J connectivity index is 2.09. The normalized spacial score (nSPS) is 20.1. The minimum Gasteiger partial charge on any atom is -0.302 e. The molecule has 1 fully saturated rings. The zero-order valence-corrected chi connectivity index (χ0v) is 16.1. The lowest BCUT2D eigenvalue weighted by atomic mass is 10.1. The fourth-order valence-electron chi connectivity index (χ4n) is 2.81.